The molecule has 23 heavy (non-hydrogen) atoms. The number of carbonyl (C=O) groups is 3. The minimum atomic E-state index is -1.21. The normalized spacial score (nSPS) is 20.6. The number of halogens is 1. The van der Waals surface area contributed by atoms with Crippen LogP contribution in [0.5, 0.6) is 0 Å². The second-order valence-corrected chi connectivity index (χ2v) is 6.58. The molecule has 1 saturated carbocycles. The number of aliphatic carboxylic acids is 1. The van der Waals surface area contributed by atoms with E-state index in [0.29, 0.717) is 18.4 Å². The molecule has 6 nitrogen and oxygen atoms in total. The molecule has 7 heteroatoms. The van der Waals surface area contributed by atoms with Gasteiger partial charge < -0.3 is 9.90 Å². The largest absolute Gasteiger partial charge is 0.550 e. The summed E-state index contributed by atoms with van der Waals surface area (Å²) < 4.78 is 0.792. The van der Waals surface area contributed by atoms with Gasteiger partial charge in [-0.1, -0.05) is 34.8 Å². The first-order chi connectivity index (χ1) is 10.9. The van der Waals surface area contributed by atoms with Crippen molar-refractivity contribution in [3.63, 3.8) is 0 Å². The van der Waals surface area contributed by atoms with Gasteiger partial charge in [-0.25, -0.2) is 0 Å². The third-order valence-corrected chi connectivity index (χ3v) is 4.99. The van der Waals surface area contributed by atoms with Crippen LogP contribution in [0.3, 0.4) is 0 Å². The summed E-state index contributed by atoms with van der Waals surface area (Å²) in [6.07, 6.45) is 2.47. The predicted octanol–water partition coefficient (Wildman–Crippen LogP) is 1.07. The molecular formula is C16H18BrN2O4-. The molecule has 0 aliphatic heterocycles. The van der Waals surface area contributed by atoms with Crippen molar-refractivity contribution >= 4 is 33.7 Å². The molecule has 1 aliphatic carbocycles. The molecule has 0 aromatic heterocycles. The maximum atomic E-state index is 12.1. The molecule has 2 N–H and O–H groups in total. The van der Waals surface area contributed by atoms with Gasteiger partial charge in [-0.2, -0.15) is 0 Å². The highest BCUT2D eigenvalue weighted by Gasteiger charge is 2.31. The van der Waals surface area contributed by atoms with Crippen molar-refractivity contribution in [1.29, 1.82) is 0 Å². The zero-order valence-corrected chi connectivity index (χ0v) is 14.3. The number of carboxylic acids is 1. The van der Waals surface area contributed by atoms with Gasteiger partial charge in [0.25, 0.3) is 5.91 Å². The van der Waals surface area contributed by atoms with E-state index in [1.54, 1.807) is 18.2 Å². The molecule has 2 rings (SSSR count). The van der Waals surface area contributed by atoms with Gasteiger partial charge in [-0.3, -0.25) is 20.4 Å². The van der Waals surface area contributed by atoms with E-state index >= 15 is 0 Å². The lowest BCUT2D eigenvalue weighted by atomic mass is 9.79. The number of carbonyl (C=O) groups excluding carboxylic acids is 3. The smallest absolute Gasteiger partial charge is 0.269 e. The molecule has 1 aromatic carbocycles. The van der Waals surface area contributed by atoms with Crippen LogP contribution in [0.2, 0.25) is 0 Å². The first-order valence-electron chi connectivity index (χ1n) is 7.47. The van der Waals surface area contributed by atoms with Crippen LogP contribution < -0.4 is 16.0 Å². The van der Waals surface area contributed by atoms with Crippen molar-refractivity contribution < 1.29 is 19.5 Å². The third kappa shape index (κ3) is 4.31. The van der Waals surface area contributed by atoms with Crippen molar-refractivity contribution in [2.75, 3.05) is 0 Å². The molecular weight excluding hydrogens is 364 g/mol. The van der Waals surface area contributed by atoms with E-state index in [9.17, 15) is 19.5 Å². The summed E-state index contributed by atoms with van der Waals surface area (Å²) in [6.45, 7) is 1.90. The van der Waals surface area contributed by atoms with Gasteiger partial charge in [0.2, 0.25) is 5.91 Å². The van der Waals surface area contributed by atoms with Crippen molar-refractivity contribution in [1.82, 2.24) is 10.9 Å². The number of nitrogens with one attached hydrogen (secondary N) is 2. The van der Waals surface area contributed by atoms with Gasteiger partial charge in [0.15, 0.2) is 0 Å². The maximum Gasteiger partial charge on any atom is 0.269 e. The first kappa shape index (κ1) is 17.5. The molecule has 0 radical (unpaired) electrons. The third-order valence-electron chi connectivity index (χ3n) is 4.14. The van der Waals surface area contributed by atoms with Crippen LogP contribution in [0.1, 0.15) is 41.6 Å². The van der Waals surface area contributed by atoms with Crippen LogP contribution in [0, 0.1) is 18.8 Å². The number of carboxylic acid groups (broad SMARTS) is 1. The summed E-state index contributed by atoms with van der Waals surface area (Å²) in [4.78, 5) is 35.3. The highest BCUT2D eigenvalue weighted by Crippen LogP contribution is 2.29. The van der Waals surface area contributed by atoms with Crippen molar-refractivity contribution in [3.8, 4) is 0 Å². The summed E-state index contributed by atoms with van der Waals surface area (Å²) >= 11 is 3.34. The fourth-order valence-electron chi connectivity index (χ4n) is 2.74. The molecule has 0 unspecified atom stereocenters. The fraction of sp³-hybridized carbons (Fsp3) is 0.438. The SMILES string of the molecule is Cc1ccc(C(=O)NNC(=O)[C@H]2CCCC[C@H]2C(=O)[O-])cc1Br. The standard InChI is InChI=1S/C16H19BrN2O4/c1-9-6-7-10(8-13(9)17)14(20)18-19-15(21)11-4-2-3-5-12(11)16(22)23/h6-8,11-12H,2-5H2,1H3,(H,18,20)(H,19,21)(H,22,23)/p-1/t11-,12+/m0/s1. The second-order valence-electron chi connectivity index (χ2n) is 5.72. The van der Waals surface area contributed by atoms with Gasteiger partial charge in [-0.05, 0) is 37.5 Å². The zero-order chi connectivity index (χ0) is 17.0. The Morgan fingerprint density at radius 2 is 1.78 bits per heavy atom. The van der Waals surface area contributed by atoms with E-state index in [0.717, 1.165) is 22.9 Å². The summed E-state index contributed by atoms with van der Waals surface area (Å²) in [5.74, 6) is -3.62. The van der Waals surface area contributed by atoms with Crippen LogP contribution in [0.25, 0.3) is 0 Å². The van der Waals surface area contributed by atoms with Crippen molar-refractivity contribution in [2.24, 2.45) is 11.8 Å². The minimum Gasteiger partial charge on any atom is -0.550 e. The van der Waals surface area contributed by atoms with Crippen molar-refractivity contribution in [2.45, 2.75) is 32.6 Å². The number of benzene rings is 1. The number of hydrazine groups is 1. The molecule has 1 aliphatic rings. The molecule has 2 atom stereocenters. The highest BCUT2D eigenvalue weighted by molar-refractivity contribution is 9.10. The molecule has 0 saturated heterocycles. The Balaban J connectivity index is 1.96. The molecule has 1 aromatic rings. The summed E-state index contributed by atoms with van der Waals surface area (Å²) in [6, 6.07) is 5.08. The lowest BCUT2D eigenvalue weighted by molar-refractivity contribution is -0.314. The monoisotopic (exact) mass is 381 g/mol. The van der Waals surface area contributed by atoms with Gasteiger partial charge in [0, 0.05) is 27.8 Å². The maximum absolute atomic E-state index is 12.1. The average Bonchev–Trinajstić information content (AvgIpc) is 2.54. The molecule has 0 heterocycles. The van der Waals surface area contributed by atoms with E-state index in [1.165, 1.54) is 0 Å². The molecule has 124 valence electrons. The van der Waals surface area contributed by atoms with Crippen LogP contribution >= 0.6 is 15.9 Å². The highest BCUT2D eigenvalue weighted by atomic mass is 79.9. The van der Waals surface area contributed by atoms with E-state index in [4.69, 9.17) is 0 Å². The Hall–Kier alpha value is -1.89. The van der Waals surface area contributed by atoms with Crippen LogP contribution in [0.15, 0.2) is 22.7 Å². The quantitative estimate of drug-likeness (QED) is 0.765. The van der Waals surface area contributed by atoms with Crippen LogP contribution in [0.4, 0.5) is 0 Å². The number of rotatable bonds is 3. The Bertz CT molecular complexity index is 633. The molecule has 2 amide bonds. The van der Waals surface area contributed by atoms with Gasteiger partial charge in [0.1, 0.15) is 0 Å². The Morgan fingerprint density at radius 3 is 2.39 bits per heavy atom. The molecule has 0 spiro atoms. The second kappa shape index (κ2) is 7.59. The Labute approximate surface area is 142 Å². The van der Waals surface area contributed by atoms with Gasteiger partial charge in [-0.15, -0.1) is 0 Å². The zero-order valence-electron chi connectivity index (χ0n) is 12.7. The number of hydrogen-bond donors (Lipinski definition) is 2. The minimum absolute atomic E-state index is 0.392. The van der Waals surface area contributed by atoms with Gasteiger partial charge >= 0.3 is 0 Å². The predicted molar refractivity (Wildman–Crippen MR) is 84.9 cm³/mol. The first-order valence-corrected chi connectivity index (χ1v) is 8.26. The summed E-state index contributed by atoms with van der Waals surface area (Å²) in [5.41, 5.74) is 6.04. The number of aryl methyl sites for hydroxylation is 1. The van der Waals surface area contributed by atoms with Crippen LogP contribution in [-0.2, 0) is 9.59 Å². The Morgan fingerprint density at radius 1 is 1.13 bits per heavy atom. The summed E-state index contributed by atoms with van der Waals surface area (Å²) in [7, 11) is 0. The van der Waals surface area contributed by atoms with E-state index < -0.39 is 29.6 Å². The van der Waals surface area contributed by atoms with Crippen molar-refractivity contribution in [3.05, 3.63) is 33.8 Å². The lowest BCUT2D eigenvalue weighted by Crippen LogP contribution is -2.49. The lowest BCUT2D eigenvalue weighted by Gasteiger charge is -2.31. The fourth-order valence-corrected chi connectivity index (χ4v) is 3.12. The topological polar surface area (TPSA) is 98.3 Å². The number of amides is 2. The number of hydrogen-bond acceptors (Lipinski definition) is 4. The molecule has 0 bridgehead atoms. The van der Waals surface area contributed by atoms with Crippen LogP contribution in [-0.4, -0.2) is 17.8 Å². The Kier molecular flexibility index (Phi) is 5.76. The van der Waals surface area contributed by atoms with E-state index in [-0.39, 0.29) is 0 Å². The van der Waals surface area contributed by atoms with E-state index in [2.05, 4.69) is 26.8 Å². The van der Waals surface area contributed by atoms with E-state index in [1.807, 2.05) is 6.92 Å². The van der Waals surface area contributed by atoms with Gasteiger partial charge in [0.05, 0.1) is 0 Å². The molecule has 1 fully saturated rings. The summed E-state index contributed by atoms with van der Waals surface area (Å²) in [5, 5.41) is 11.1. The average molecular weight is 382 g/mol.